The molecule has 1 aromatic carbocycles. The van der Waals surface area contributed by atoms with E-state index in [1.807, 2.05) is 0 Å². The molecule has 0 amide bonds. The lowest BCUT2D eigenvalue weighted by Crippen LogP contribution is -2.18. The van der Waals surface area contributed by atoms with Gasteiger partial charge in [-0.05, 0) is 43.9 Å². The standard InChI is InChI=1S/C14H19N3/c1-9-6-10(2)14-12(7-9)16-13(17(14)3)8-15-11-4-5-11/h6-7,11,15H,4-5,8H2,1-3H3. The van der Waals surface area contributed by atoms with E-state index in [9.17, 15) is 0 Å². The van der Waals surface area contributed by atoms with E-state index in [0.717, 1.165) is 23.9 Å². The van der Waals surface area contributed by atoms with Gasteiger partial charge in [-0.3, -0.25) is 0 Å². The van der Waals surface area contributed by atoms with Gasteiger partial charge >= 0.3 is 0 Å². The molecule has 0 atom stereocenters. The summed E-state index contributed by atoms with van der Waals surface area (Å²) in [5, 5.41) is 3.53. The number of rotatable bonds is 3. The Morgan fingerprint density at radius 2 is 2.12 bits per heavy atom. The molecule has 1 heterocycles. The SMILES string of the molecule is Cc1cc(C)c2c(c1)nc(CNC1CC1)n2C. The van der Waals surface area contributed by atoms with Crippen LogP contribution in [-0.4, -0.2) is 15.6 Å². The molecule has 0 radical (unpaired) electrons. The second kappa shape index (κ2) is 3.84. The van der Waals surface area contributed by atoms with Crippen molar-refractivity contribution in [3.63, 3.8) is 0 Å². The molecule has 0 saturated heterocycles. The van der Waals surface area contributed by atoms with Crippen molar-refractivity contribution in [2.45, 2.75) is 39.3 Å². The number of hydrogen-bond acceptors (Lipinski definition) is 2. The van der Waals surface area contributed by atoms with Crippen molar-refractivity contribution in [3.8, 4) is 0 Å². The summed E-state index contributed by atoms with van der Waals surface area (Å²) >= 11 is 0. The van der Waals surface area contributed by atoms with Crippen molar-refractivity contribution in [2.75, 3.05) is 0 Å². The first kappa shape index (κ1) is 10.8. The number of nitrogens with one attached hydrogen (secondary N) is 1. The number of fused-ring (bicyclic) bond motifs is 1. The number of hydrogen-bond donors (Lipinski definition) is 1. The van der Waals surface area contributed by atoms with Crippen molar-refractivity contribution in [1.29, 1.82) is 0 Å². The third kappa shape index (κ3) is 1.95. The van der Waals surface area contributed by atoms with E-state index in [-0.39, 0.29) is 0 Å². The molecule has 1 fully saturated rings. The summed E-state index contributed by atoms with van der Waals surface area (Å²) in [6.07, 6.45) is 2.64. The van der Waals surface area contributed by atoms with E-state index in [4.69, 9.17) is 4.98 Å². The smallest absolute Gasteiger partial charge is 0.123 e. The summed E-state index contributed by atoms with van der Waals surface area (Å²) in [6, 6.07) is 5.13. The minimum Gasteiger partial charge on any atom is -0.330 e. The molecule has 0 aliphatic heterocycles. The largest absolute Gasteiger partial charge is 0.330 e. The average molecular weight is 229 g/mol. The van der Waals surface area contributed by atoms with Crippen molar-refractivity contribution in [1.82, 2.24) is 14.9 Å². The molecule has 1 saturated carbocycles. The minimum absolute atomic E-state index is 0.734. The van der Waals surface area contributed by atoms with Gasteiger partial charge in [-0.2, -0.15) is 0 Å². The van der Waals surface area contributed by atoms with Crippen molar-refractivity contribution in [2.24, 2.45) is 7.05 Å². The van der Waals surface area contributed by atoms with Crippen LogP contribution in [-0.2, 0) is 13.6 Å². The van der Waals surface area contributed by atoms with Gasteiger partial charge in [0, 0.05) is 13.1 Å². The molecule has 0 bridgehead atoms. The first-order chi connectivity index (χ1) is 8.15. The lowest BCUT2D eigenvalue weighted by molar-refractivity contribution is 0.639. The normalized spacial score (nSPS) is 15.7. The molecule has 3 rings (SSSR count). The van der Waals surface area contributed by atoms with Crippen molar-refractivity contribution >= 4 is 11.0 Å². The van der Waals surface area contributed by atoms with E-state index in [2.05, 4.69) is 42.9 Å². The van der Waals surface area contributed by atoms with Crippen LogP contribution in [0.15, 0.2) is 12.1 Å². The molecular weight excluding hydrogens is 210 g/mol. The Balaban J connectivity index is 2.01. The fraction of sp³-hybridized carbons (Fsp3) is 0.500. The number of aryl methyl sites for hydroxylation is 3. The zero-order chi connectivity index (χ0) is 12.0. The zero-order valence-corrected chi connectivity index (χ0v) is 10.7. The monoisotopic (exact) mass is 229 g/mol. The van der Waals surface area contributed by atoms with Crippen LogP contribution in [0.2, 0.25) is 0 Å². The fourth-order valence-electron chi connectivity index (χ4n) is 2.48. The van der Waals surface area contributed by atoms with Gasteiger partial charge < -0.3 is 9.88 Å². The molecule has 3 nitrogen and oxygen atoms in total. The third-order valence-corrected chi connectivity index (χ3v) is 3.52. The van der Waals surface area contributed by atoms with Crippen LogP contribution in [0.25, 0.3) is 11.0 Å². The quantitative estimate of drug-likeness (QED) is 0.876. The van der Waals surface area contributed by atoms with Crippen LogP contribution in [0, 0.1) is 13.8 Å². The van der Waals surface area contributed by atoms with Gasteiger partial charge in [0.1, 0.15) is 5.82 Å². The fourth-order valence-corrected chi connectivity index (χ4v) is 2.48. The van der Waals surface area contributed by atoms with Gasteiger partial charge in [-0.25, -0.2) is 4.98 Å². The van der Waals surface area contributed by atoms with Crippen molar-refractivity contribution < 1.29 is 0 Å². The summed E-state index contributed by atoms with van der Waals surface area (Å²) in [5.41, 5.74) is 4.99. The third-order valence-electron chi connectivity index (χ3n) is 3.52. The predicted molar refractivity (Wildman–Crippen MR) is 70.0 cm³/mol. The Bertz CT molecular complexity index is 564. The molecule has 3 heteroatoms. The average Bonchev–Trinajstić information content (AvgIpc) is 3.01. The van der Waals surface area contributed by atoms with Gasteiger partial charge in [0.05, 0.1) is 17.6 Å². The molecular formula is C14H19N3. The van der Waals surface area contributed by atoms with Gasteiger partial charge in [-0.15, -0.1) is 0 Å². The molecule has 0 spiro atoms. The van der Waals surface area contributed by atoms with Gasteiger partial charge in [0.25, 0.3) is 0 Å². The lowest BCUT2D eigenvalue weighted by Gasteiger charge is -2.05. The Morgan fingerprint density at radius 1 is 1.35 bits per heavy atom. The molecule has 17 heavy (non-hydrogen) atoms. The molecule has 1 aliphatic rings. The predicted octanol–water partition coefficient (Wildman–Crippen LogP) is 2.44. The zero-order valence-electron chi connectivity index (χ0n) is 10.7. The number of aromatic nitrogens is 2. The van der Waals surface area contributed by atoms with Gasteiger partial charge in [0.2, 0.25) is 0 Å². The lowest BCUT2D eigenvalue weighted by atomic mass is 10.1. The second-order valence-electron chi connectivity index (χ2n) is 5.19. The number of nitrogens with zero attached hydrogens (tertiary/aromatic N) is 2. The first-order valence-electron chi connectivity index (χ1n) is 6.31. The van der Waals surface area contributed by atoms with Crippen molar-refractivity contribution in [3.05, 3.63) is 29.1 Å². The maximum atomic E-state index is 4.73. The maximum Gasteiger partial charge on any atom is 0.123 e. The van der Waals surface area contributed by atoms with Crippen LogP contribution < -0.4 is 5.32 Å². The van der Waals surface area contributed by atoms with E-state index in [0.29, 0.717) is 0 Å². The van der Waals surface area contributed by atoms with Crippen LogP contribution in [0.3, 0.4) is 0 Å². The van der Waals surface area contributed by atoms with E-state index >= 15 is 0 Å². The molecule has 1 aliphatic carbocycles. The Morgan fingerprint density at radius 3 is 2.82 bits per heavy atom. The Labute approximate surface area is 102 Å². The molecule has 1 aromatic heterocycles. The summed E-state index contributed by atoms with van der Waals surface area (Å²) < 4.78 is 2.22. The van der Waals surface area contributed by atoms with Gasteiger partial charge in [-0.1, -0.05) is 6.07 Å². The first-order valence-corrected chi connectivity index (χ1v) is 6.31. The van der Waals surface area contributed by atoms with Gasteiger partial charge in [0.15, 0.2) is 0 Å². The number of imidazole rings is 1. The van der Waals surface area contributed by atoms with Crippen LogP contribution in [0.1, 0.15) is 29.8 Å². The highest BCUT2D eigenvalue weighted by molar-refractivity contribution is 5.80. The second-order valence-corrected chi connectivity index (χ2v) is 5.19. The minimum atomic E-state index is 0.734. The highest BCUT2D eigenvalue weighted by Gasteiger charge is 2.21. The number of benzene rings is 1. The molecule has 2 aromatic rings. The Hall–Kier alpha value is -1.35. The summed E-state index contributed by atoms with van der Waals surface area (Å²) in [4.78, 5) is 4.73. The summed E-state index contributed by atoms with van der Waals surface area (Å²) in [7, 11) is 2.11. The van der Waals surface area contributed by atoms with Crippen LogP contribution in [0.4, 0.5) is 0 Å². The summed E-state index contributed by atoms with van der Waals surface area (Å²) in [5.74, 6) is 1.14. The molecule has 1 N–H and O–H groups in total. The van der Waals surface area contributed by atoms with Crippen LogP contribution >= 0.6 is 0 Å². The highest BCUT2D eigenvalue weighted by Crippen LogP contribution is 2.22. The van der Waals surface area contributed by atoms with Crippen LogP contribution in [0.5, 0.6) is 0 Å². The Kier molecular flexibility index (Phi) is 2.44. The maximum absolute atomic E-state index is 4.73. The topological polar surface area (TPSA) is 29.9 Å². The summed E-state index contributed by atoms with van der Waals surface area (Å²) in [6.45, 7) is 5.17. The van der Waals surface area contributed by atoms with E-state index < -0.39 is 0 Å². The van der Waals surface area contributed by atoms with E-state index in [1.54, 1.807) is 0 Å². The molecule has 0 unspecified atom stereocenters. The molecule has 90 valence electrons. The van der Waals surface area contributed by atoms with E-state index in [1.165, 1.54) is 29.5 Å². The highest BCUT2D eigenvalue weighted by atomic mass is 15.1.